The fourth-order valence-electron chi connectivity index (χ4n) is 1.88. The van der Waals surface area contributed by atoms with Crippen molar-refractivity contribution in [3.05, 3.63) is 28.3 Å². The van der Waals surface area contributed by atoms with Crippen molar-refractivity contribution in [3.8, 4) is 5.75 Å². The average molecular weight is 278 g/mol. The summed E-state index contributed by atoms with van der Waals surface area (Å²) >= 11 is 0. The third kappa shape index (κ3) is 2.48. The molecule has 104 valence electrons. The summed E-state index contributed by atoms with van der Waals surface area (Å²) in [5, 5.41) is 10.8. The molecule has 1 heterocycles. The van der Waals surface area contributed by atoms with Crippen LogP contribution in [0.15, 0.2) is 18.2 Å². The summed E-state index contributed by atoms with van der Waals surface area (Å²) in [5.74, 6) is -1.68. The van der Waals surface area contributed by atoms with E-state index < -0.39 is 22.7 Å². The van der Waals surface area contributed by atoms with Gasteiger partial charge in [-0.25, -0.2) is 4.90 Å². The summed E-state index contributed by atoms with van der Waals surface area (Å²) in [5.41, 5.74) is -0.384. The largest absolute Gasteiger partial charge is 0.424 e. The van der Waals surface area contributed by atoms with E-state index in [9.17, 15) is 24.5 Å². The highest BCUT2D eigenvalue weighted by atomic mass is 16.6. The second-order valence-corrected chi connectivity index (χ2v) is 4.13. The Balaban J connectivity index is 2.53. The van der Waals surface area contributed by atoms with Crippen molar-refractivity contribution in [3.63, 3.8) is 0 Å². The van der Waals surface area contributed by atoms with E-state index in [2.05, 4.69) is 0 Å². The molecule has 0 aromatic heterocycles. The lowest BCUT2D eigenvalue weighted by Gasteiger charge is -2.16. The first kappa shape index (κ1) is 13.7. The van der Waals surface area contributed by atoms with Crippen molar-refractivity contribution in [1.29, 1.82) is 0 Å². The second-order valence-electron chi connectivity index (χ2n) is 4.13. The van der Waals surface area contributed by atoms with Gasteiger partial charge in [0.25, 0.3) is 5.69 Å². The van der Waals surface area contributed by atoms with Crippen LogP contribution in [0.2, 0.25) is 0 Å². The van der Waals surface area contributed by atoms with Crippen molar-refractivity contribution in [2.75, 3.05) is 4.90 Å². The van der Waals surface area contributed by atoms with Crippen molar-refractivity contribution in [2.45, 2.75) is 19.8 Å². The molecule has 8 nitrogen and oxygen atoms in total. The summed E-state index contributed by atoms with van der Waals surface area (Å²) < 4.78 is 4.88. The molecular weight excluding hydrogens is 268 g/mol. The van der Waals surface area contributed by atoms with Crippen LogP contribution in [0.5, 0.6) is 5.75 Å². The van der Waals surface area contributed by atoms with Gasteiger partial charge < -0.3 is 4.74 Å². The first-order valence-corrected chi connectivity index (χ1v) is 5.73. The Morgan fingerprint density at radius 2 is 1.90 bits per heavy atom. The van der Waals surface area contributed by atoms with Crippen LogP contribution < -0.4 is 9.64 Å². The SMILES string of the molecule is CC(=O)Oc1ccc([N+](=O)[O-])cc1N1C(=O)CCC1=O. The van der Waals surface area contributed by atoms with E-state index >= 15 is 0 Å². The van der Waals surface area contributed by atoms with Crippen LogP contribution in [0.25, 0.3) is 0 Å². The third-order valence-electron chi connectivity index (χ3n) is 2.70. The zero-order valence-corrected chi connectivity index (χ0v) is 10.5. The van der Waals surface area contributed by atoms with Crippen molar-refractivity contribution < 1.29 is 24.0 Å². The number of esters is 1. The quantitative estimate of drug-likeness (QED) is 0.270. The third-order valence-corrected chi connectivity index (χ3v) is 2.70. The molecule has 1 aliphatic rings. The van der Waals surface area contributed by atoms with Crippen LogP contribution in [0.3, 0.4) is 0 Å². The van der Waals surface area contributed by atoms with E-state index in [0.29, 0.717) is 0 Å². The number of hydrogen-bond acceptors (Lipinski definition) is 6. The zero-order chi connectivity index (χ0) is 14.9. The minimum atomic E-state index is -0.661. The van der Waals surface area contributed by atoms with Crippen molar-refractivity contribution >= 4 is 29.2 Å². The molecule has 0 N–H and O–H groups in total. The number of nitro benzene ring substituents is 1. The average Bonchev–Trinajstić information content (AvgIpc) is 2.69. The highest BCUT2D eigenvalue weighted by Gasteiger charge is 2.33. The topological polar surface area (TPSA) is 107 Å². The van der Waals surface area contributed by atoms with E-state index in [1.54, 1.807) is 0 Å². The predicted octanol–water partition coefficient (Wildman–Crippen LogP) is 1.17. The molecule has 8 heteroatoms. The fourth-order valence-corrected chi connectivity index (χ4v) is 1.88. The lowest BCUT2D eigenvalue weighted by molar-refractivity contribution is -0.384. The van der Waals surface area contributed by atoms with Gasteiger partial charge >= 0.3 is 5.97 Å². The molecule has 0 unspecified atom stereocenters. The molecule has 0 atom stereocenters. The summed E-state index contributed by atoms with van der Waals surface area (Å²) in [7, 11) is 0. The van der Waals surface area contributed by atoms with E-state index in [4.69, 9.17) is 4.74 Å². The number of carbonyl (C=O) groups excluding carboxylic acids is 3. The molecule has 1 fully saturated rings. The number of hydrogen-bond donors (Lipinski definition) is 0. The Kier molecular flexibility index (Phi) is 3.47. The number of non-ortho nitro benzene ring substituents is 1. The van der Waals surface area contributed by atoms with E-state index in [1.165, 1.54) is 6.07 Å². The molecule has 2 rings (SSSR count). The predicted molar refractivity (Wildman–Crippen MR) is 66.1 cm³/mol. The monoisotopic (exact) mass is 278 g/mol. The van der Waals surface area contributed by atoms with Gasteiger partial charge in [-0.2, -0.15) is 0 Å². The molecule has 0 radical (unpaired) electrons. The normalized spacial score (nSPS) is 14.6. The van der Waals surface area contributed by atoms with Gasteiger partial charge in [0, 0.05) is 31.9 Å². The van der Waals surface area contributed by atoms with E-state index in [-0.39, 0.29) is 30.0 Å². The molecule has 0 bridgehead atoms. The first-order chi connectivity index (χ1) is 9.40. The van der Waals surface area contributed by atoms with Gasteiger partial charge in [-0.15, -0.1) is 0 Å². The number of nitro groups is 1. The van der Waals surface area contributed by atoms with Crippen molar-refractivity contribution in [1.82, 2.24) is 0 Å². The number of imide groups is 1. The lowest BCUT2D eigenvalue weighted by Crippen LogP contribution is -2.29. The molecule has 0 spiro atoms. The summed E-state index contributed by atoms with van der Waals surface area (Å²) in [6.07, 6.45) is 0.0576. The van der Waals surface area contributed by atoms with Gasteiger partial charge in [-0.3, -0.25) is 24.5 Å². The Morgan fingerprint density at radius 3 is 2.40 bits per heavy atom. The van der Waals surface area contributed by atoms with E-state index in [0.717, 1.165) is 24.0 Å². The molecule has 1 aliphatic heterocycles. The number of ether oxygens (including phenoxy) is 1. The summed E-state index contributed by atoms with van der Waals surface area (Å²) in [4.78, 5) is 45.3. The molecule has 1 saturated heterocycles. The van der Waals surface area contributed by atoms with Gasteiger partial charge in [0.15, 0.2) is 5.75 Å². The maximum atomic E-state index is 11.7. The minimum absolute atomic E-state index is 0.0288. The number of carbonyl (C=O) groups is 3. The van der Waals surface area contributed by atoms with Gasteiger partial charge in [-0.1, -0.05) is 0 Å². The first-order valence-electron chi connectivity index (χ1n) is 5.73. The van der Waals surface area contributed by atoms with Gasteiger partial charge in [0.1, 0.15) is 5.69 Å². The van der Waals surface area contributed by atoms with Crippen LogP contribution >= 0.6 is 0 Å². The van der Waals surface area contributed by atoms with Crippen LogP contribution in [0.1, 0.15) is 19.8 Å². The molecule has 1 aromatic carbocycles. The van der Waals surface area contributed by atoms with Gasteiger partial charge in [0.05, 0.1) is 4.92 Å². The number of anilines is 1. The number of rotatable bonds is 3. The minimum Gasteiger partial charge on any atom is -0.424 e. The Morgan fingerprint density at radius 1 is 1.30 bits per heavy atom. The van der Waals surface area contributed by atoms with Gasteiger partial charge in [0.2, 0.25) is 11.8 Å². The Bertz CT molecular complexity index is 608. The van der Waals surface area contributed by atoms with Crippen LogP contribution in [-0.4, -0.2) is 22.7 Å². The van der Waals surface area contributed by atoms with Crippen LogP contribution in [0.4, 0.5) is 11.4 Å². The number of amides is 2. The number of benzene rings is 1. The summed E-state index contributed by atoms with van der Waals surface area (Å²) in [6, 6.07) is 3.36. The van der Waals surface area contributed by atoms with E-state index in [1.807, 2.05) is 0 Å². The zero-order valence-electron chi connectivity index (χ0n) is 10.5. The molecule has 0 saturated carbocycles. The molecule has 20 heavy (non-hydrogen) atoms. The lowest BCUT2D eigenvalue weighted by atomic mass is 10.2. The fraction of sp³-hybridized carbons (Fsp3) is 0.250. The Labute approximate surface area is 113 Å². The Hall–Kier alpha value is -2.77. The summed E-state index contributed by atoms with van der Waals surface area (Å²) in [6.45, 7) is 1.15. The van der Waals surface area contributed by atoms with Crippen LogP contribution in [-0.2, 0) is 14.4 Å². The second kappa shape index (κ2) is 5.08. The van der Waals surface area contributed by atoms with Crippen LogP contribution in [0, 0.1) is 10.1 Å². The highest BCUT2D eigenvalue weighted by molar-refractivity contribution is 6.20. The maximum Gasteiger partial charge on any atom is 0.308 e. The highest BCUT2D eigenvalue weighted by Crippen LogP contribution is 2.35. The smallest absolute Gasteiger partial charge is 0.308 e. The molecular formula is C12H10N2O6. The van der Waals surface area contributed by atoms with Crippen molar-refractivity contribution in [2.24, 2.45) is 0 Å². The standard InChI is InChI=1S/C12H10N2O6/c1-7(15)20-10-3-2-8(14(18)19)6-9(10)13-11(16)4-5-12(13)17/h2-3,6H,4-5H2,1H3. The van der Waals surface area contributed by atoms with Gasteiger partial charge in [-0.05, 0) is 6.07 Å². The number of nitrogens with zero attached hydrogens (tertiary/aromatic N) is 2. The molecule has 1 aromatic rings. The molecule has 0 aliphatic carbocycles. The maximum absolute atomic E-state index is 11.7. The molecule has 2 amide bonds.